The van der Waals surface area contributed by atoms with Gasteiger partial charge in [0, 0.05) is 25.2 Å². The Hall–Kier alpha value is -2.15. The molecule has 0 aromatic heterocycles. The molecule has 1 aliphatic rings. The minimum Gasteiger partial charge on any atom is -0.493 e. The van der Waals surface area contributed by atoms with Crippen LogP contribution in [-0.2, 0) is 6.54 Å². The number of likely N-dealkylation sites (N-methyl/N-ethyl adjacent to an activating group) is 1. The molecule has 2 rings (SSSR count). The summed E-state index contributed by atoms with van der Waals surface area (Å²) < 4.78 is 16.2. The molecule has 0 saturated heterocycles. The molecule has 0 heterocycles. The second-order valence-corrected chi connectivity index (χ2v) is 6.86. The number of guanidine groups is 1. The minimum atomic E-state index is 0.461. The summed E-state index contributed by atoms with van der Waals surface area (Å²) in [5, 5.41) is 6.75. The van der Waals surface area contributed by atoms with Crippen molar-refractivity contribution in [1.82, 2.24) is 15.5 Å². The smallest absolute Gasteiger partial charge is 0.203 e. The first-order valence-corrected chi connectivity index (χ1v) is 9.57. The van der Waals surface area contributed by atoms with Gasteiger partial charge in [-0.3, -0.25) is 4.90 Å². The molecule has 2 N–H and O–H groups in total. The molecule has 0 amide bonds. The molecule has 7 heteroatoms. The van der Waals surface area contributed by atoms with Crippen molar-refractivity contribution < 1.29 is 14.2 Å². The molecule has 1 aromatic carbocycles. The summed E-state index contributed by atoms with van der Waals surface area (Å²) >= 11 is 0. The standard InChI is InChI=1S/C20H34N4O3/c1-7-21-20(22-12-14(2)24(3)16-8-9-16)23-13-15-10-17(25-4)19(27-6)18(11-15)26-5/h10-11,14,16H,7-9,12-13H2,1-6H3,(H2,21,22,23). The van der Waals surface area contributed by atoms with Crippen LogP contribution in [0.1, 0.15) is 32.3 Å². The number of rotatable bonds is 10. The van der Waals surface area contributed by atoms with E-state index in [4.69, 9.17) is 19.2 Å². The van der Waals surface area contributed by atoms with Gasteiger partial charge in [0.2, 0.25) is 5.75 Å². The fourth-order valence-electron chi connectivity index (χ4n) is 2.97. The average Bonchev–Trinajstić information content (AvgIpc) is 3.53. The molecule has 1 unspecified atom stereocenters. The van der Waals surface area contributed by atoms with Gasteiger partial charge >= 0.3 is 0 Å². The van der Waals surface area contributed by atoms with E-state index in [2.05, 4.69) is 36.4 Å². The highest BCUT2D eigenvalue weighted by molar-refractivity contribution is 5.79. The number of methoxy groups -OCH3 is 3. The third kappa shape index (κ3) is 5.92. The Labute approximate surface area is 163 Å². The maximum Gasteiger partial charge on any atom is 0.203 e. The van der Waals surface area contributed by atoms with Gasteiger partial charge in [0.05, 0.1) is 27.9 Å². The summed E-state index contributed by atoms with van der Waals surface area (Å²) in [5.74, 6) is 2.68. The van der Waals surface area contributed by atoms with Crippen molar-refractivity contribution >= 4 is 5.96 Å². The topological polar surface area (TPSA) is 67.4 Å². The van der Waals surface area contributed by atoms with Gasteiger partial charge in [0.25, 0.3) is 0 Å². The van der Waals surface area contributed by atoms with Crippen molar-refractivity contribution in [3.05, 3.63) is 17.7 Å². The fourth-order valence-corrected chi connectivity index (χ4v) is 2.97. The molecular formula is C20H34N4O3. The molecule has 152 valence electrons. The maximum absolute atomic E-state index is 5.42. The van der Waals surface area contributed by atoms with Crippen molar-refractivity contribution in [2.75, 3.05) is 41.5 Å². The molecule has 27 heavy (non-hydrogen) atoms. The van der Waals surface area contributed by atoms with Gasteiger partial charge in [0.15, 0.2) is 17.5 Å². The molecule has 7 nitrogen and oxygen atoms in total. The van der Waals surface area contributed by atoms with E-state index < -0.39 is 0 Å². The van der Waals surface area contributed by atoms with Crippen LogP contribution >= 0.6 is 0 Å². The summed E-state index contributed by atoms with van der Waals surface area (Å²) in [6.45, 7) is 6.49. The summed E-state index contributed by atoms with van der Waals surface area (Å²) in [6.07, 6.45) is 2.63. The van der Waals surface area contributed by atoms with Crippen molar-refractivity contribution in [3.8, 4) is 17.2 Å². The van der Waals surface area contributed by atoms with E-state index in [0.29, 0.717) is 29.8 Å². The number of ether oxygens (including phenoxy) is 3. The van der Waals surface area contributed by atoms with Crippen LogP contribution in [0.5, 0.6) is 17.2 Å². The van der Waals surface area contributed by atoms with Crippen molar-refractivity contribution in [3.63, 3.8) is 0 Å². The van der Waals surface area contributed by atoms with Gasteiger partial charge in [-0.05, 0) is 51.4 Å². The van der Waals surface area contributed by atoms with Crippen LogP contribution in [0.3, 0.4) is 0 Å². The van der Waals surface area contributed by atoms with E-state index in [1.54, 1.807) is 21.3 Å². The molecular weight excluding hydrogens is 344 g/mol. The molecule has 1 atom stereocenters. The molecule has 0 aliphatic heterocycles. The Kier molecular flexibility index (Phi) is 8.03. The summed E-state index contributed by atoms with van der Waals surface area (Å²) in [5.41, 5.74) is 0.991. The van der Waals surface area contributed by atoms with Crippen LogP contribution in [-0.4, -0.2) is 64.4 Å². The Morgan fingerprint density at radius 1 is 1.15 bits per heavy atom. The van der Waals surface area contributed by atoms with E-state index in [1.165, 1.54) is 12.8 Å². The number of nitrogens with one attached hydrogen (secondary N) is 2. The number of nitrogens with zero attached hydrogens (tertiary/aromatic N) is 2. The second-order valence-electron chi connectivity index (χ2n) is 6.86. The van der Waals surface area contributed by atoms with E-state index in [9.17, 15) is 0 Å². The highest BCUT2D eigenvalue weighted by atomic mass is 16.5. The first-order valence-electron chi connectivity index (χ1n) is 9.57. The highest BCUT2D eigenvalue weighted by Gasteiger charge is 2.28. The normalized spacial score (nSPS) is 15.4. The molecule has 0 spiro atoms. The monoisotopic (exact) mass is 378 g/mol. The van der Waals surface area contributed by atoms with Gasteiger partial charge in [-0.1, -0.05) is 0 Å². The van der Waals surface area contributed by atoms with Crippen LogP contribution in [0.25, 0.3) is 0 Å². The Morgan fingerprint density at radius 2 is 1.78 bits per heavy atom. The minimum absolute atomic E-state index is 0.461. The van der Waals surface area contributed by atoms with Crippen LogP contribution in [0.2, 0.25) is 0 Å². The Balaban J connectivity index is 2.04. The van der Waals surface area contributed by atoms with Gasteiger partial charge in [0.1, 0.15) is 0 Å². The lowest BCUT2D eigenvalue weighted by molar-refractivity contribution is 0.247. The molecule has 1 saturated carbocycles. The van der Waals surface area contributed by atoms with E-state index in [0.717, 1.165) is 30.7 Å². The van der Waals surface area contributed by atoms with Gasteiger partial charge in [-0.25, -0.2) is 4.99 Å². The fraction of sp³-hybridized carbons (Fsp3) is 0.650. The summed E-state index contributed by atoms with van der Waals surface area (Å²) in [4.78, 5) is 7.15. The van der Waals surface area contributed by atoms with Crippen LogP contribution in [0.15, 0.2) is 17.1 Å². The van der Waals surface area contributed by atoms with Gasteiger partial charge in [-0.2, -0.15) is 0 Å². The average molecular weight is 379 g/mol. The lowest BCUT2D eigenvalue weighted by Crippen LogP contribution is -2.45. The molecule has 1 aromatic rings. The number of benzene rings is 1. The quantitative estimate of drug-likeness (QED) is 0.481. The molecule has 1 fully saturated rings. The highest BCUT2D eigenvalue weighted by Crippen LogP contribution is 2.38. The lowest BCUT2D eigenvalue weighted by atomic mass is 10.2. The third-order valence-electron chi connectivity index (χ3n) is 4.87. The van der Waals surface area contributed by atoms with Crippen molar-refractivity contribution in [2.24, 2.45) is 4.99 Å². The van der Waals surface area contributed by atoms with Gasteiger partial charge in [-0.15, -0.1) is 0 Å². The first kappa shape index (κ1) is 21.2. The summed E-state index contributed by atoms with van der Waals surface area (Å²) in [7, 11) is 7.04. The predicted octanol–water partition coefficient (Wildman–Crippen LogP) is 2.25. The van der Waals surface area contributed by atoms with Crippen LogP contribution in [0, 0.1) is 0 Å². The maximum atomic E-state index is 5.42. The van der Waals surface area contributed by atoms with E-state index in [1.807, 2.05) is 12.1 Å². The summed E-state index contributed by atoms with van der Waals surface area (Å²) in [6, 6.07) is 5.07. The molecule has 0 radical (unpaired) electrons. The Bertz CT molecular complexity index is 607. The number of hydrogen-bond donors (Lipinski definition) is 2. The zero-order valence-corrected chi connectivity index (χ0v) is 17.5. The lowest BCUT2D eigenvalue weighted by Gasteiger charge is -2.25. The zero-order chi connectivity index (χ0) is 19.8. The van der Waals surface area contributed by atoms with Crippen LogP contribution < -0.4 is 24.8 Å². The molecule has 1 aliphatic carbocycles. The molecule has 0 bridgehead atoms. The number of hydrogen-bond acceptors (Lipinski definition) is 5. The first-order chi connectivity index (χ1) is 13.0. The zero-order valence-electron chi connectivity index (χ0n) is 17.5. The van der Waals surface area contributed by atoms with Crippen LogP contribution in [0.4, 0.5) is 0 Å². The SMILES string of the molecule is CCNC(=NCc1cc(OC)c(OC)c(OC)c1)NCC(C)N(C)C1CC1. The predicted molar refractivity (Wildman–Crippen MR) is 109 cm³/mol. The van der Waals surface area contributed by atoms with E-state index in [-0.39, 0.29) is 0 Å². The largest absolute Gasteiger partial charge is 0.493 e. The van der Waals surface area contributed by atoms with Crippen molar-refractivity contribution in [2.45, 2.75) is 45.3 Å². The van der Waals surface area contributed by atoms with Gasteiger partial charge < -0.3 is 24.8 Å². The Morgan fingerprint density at radius 3 is 2.26 bits per heavy atom. The number of aliphatic imine (C=N–C) groups is 1. The second kappa shape index (κ2) is 10.3. The van der Waals surface area contributed by atoms with E-state index >= 15 is 0 Å². The van der Waals surface area contributed by atoms with Crippen molar-refractivity contribution in [1.29, 1.82) is 0 Å². The third-order valence-corrected chi connectivity index (χ3v) is 4.87.